The van der Waals surface area contributed by atoms with Gasteiger partial charge in [-0.3, -0.25) is 0 Å². The fraction of sp³-hybridized carbons (Fsp3) is 0.171. The van der Waals surface area contributed by atoms with Gasteiger partial charge in [0.05, 0.1) is 27.1 Å². The number of rotatable bonds is 2. The van der Waals surface area contributed by atoms with Crippen molar-refractivity contribution in [3.05, 3.63) is 119 Å². The lowest BCUT2D eigenvalue weighted by atomic mass is 9.63. The second-order valence-electron chi connectivity index (χ2n) is 11.4. The molecule has 38 heavy (non-hydrogen) atoms. The molecule has 1 aliphatic carbocycles. The first kappa shape index (κ1) is 22.1. The number of benzene rings is 3. The fourth-order valence-corrected chi connectivity index (χ4v) is 8.03. The van der Waals surface area contributed by atoms with Crippen molar-refractivity contribution in [1.82, 2.24) is 9.55 Å². The average Bonchev–Trinajstić information content (AvgIpc) is 3.56. The van der Waals surface area contributed by atoms with Gasteiger partial charge in [0.2, 0.25) is 0 Å². The first-order valence-corrected chi connectivity index (χ1v) is 14.2. The summed E-state index contributed by atoms with van der Waals surface area (Å²) in [4.78, 5) is 7.47. The summed E-state index contributed by atoms with van der Waals surface area (Å²) in [6.45, 7) is 7.26. The molecular formula is C35H28N2S. The first-order chi connectivity index (χ1) is 18.4. The van der Waals surface area contributed by atoms with E-state index < -0.39 is 0 Å². The molecule has 6 aromatic rings. The van der Waals surface area contributed by atoms with Gasteiger partial charge in [0, 0.05) is 32.0 Å². The minimum absolute atomic E-state index is 0.0713. The normalized spacial score (nSPS) is 20.0. The maximum absolute atomic E-state index is 4.95. The summed E-state index contributed by atoms with van der Waals surface area (Å²) in [7, 11) is 0. The Kier molecular flexibility index (Phi) is 4.39. The van der Waals surface area contributed by atoms with E-state index in [0.29, 0.717) is 0 Å². The van der Waals surface area contributed by atoms with Crippen LogP contribution in [0.25, 0.3) is 48.9 Å². The summed E-state index contributed by atoms with van der Waals surface area (Å²) in [5, 5.41) is 3.90. The molecule has 0 N–H and O–H groups in total. The van der Waals surface area contributed by atoms with Crippen LogP contribution in [0.2, 0.25) is 0 Å². The van der Waals surface area contributed by atoms with Crippen molar-refractivity contribution >= 4 is 49.6 Å². The van der Waals surface area contributed by atoms with Crippen LogP contribution in [0.15, 0.2) is 109 Å². The Hall–Kier alpha value is -3.95. The van der Waals surface area contributed by atoms with Crippen LogP contribution < -0.4 is 0 Å². The number of thiophene rings is 1. The topological polar surface area (TPSA) is 17.8 Å². The second-order valence-corrected chi connectivity index (χ2v) is 12.5. The van der Waals surface area contributed by atoms with E-state index in [1.807, 2.05) is 11.3 Å². The Balaban J connectivity index is 1.27. The Morgan fingerprint density at radius 2 is 1.55 bits per heavy atom. The summed E-state index contributed by atoms with van der Waals surface area (Å²) >= 11 is 1.84. The molecule has 0 radical (unpaired) electrons. The number of pyridine rings is 1. The maximum Gasteiger partial charge on any atom is 0.0809 e. The summed E-state index contributed by atoms with van der Waals surface area (Å²) in [6.07, 6.45) is 5.92. The lowest BCUT2D eigenvalue weighted by Gasteiger charge is -2.49. The minimum atomic E-state index is -0.108. The molecule has 0 saturated heterocycles. The SMILES string of the molecule is CC1(C)C2=CC(c3ccc(-c4ccc5ccccc5n4)s3)=CCC2(C)n2c3ccccc3c3cccc1c32. The quantitative estimate of drug-likeness (QED) is 0.228. The molecule has 3 heteroatoms. The molecule has 2 aliphatic rings. The zero-order chi connectivity index (χ0) is 25.6. The molecule has 3 aromatic carbocycles. The van der Waals surface area contributed by atoms with Crippen LogP contribution in [0.3, 0.4) is 0 Å². The van der Waals surface area contributed by atoms with Crippen molar-refractivity contribution in [3.63, 3.8) is 0 Å². The Bertz CT molecular complexity index is 2000. The van der Waals surface area contributed by atoms with E-state index in [-0.39, 0.29) is 11.0 Å². The van der Waals surface area contributed by atoms with Crippen LogP contribution in [0.5, 0.6) is 0 Å². The van der Waals surface area contributed by atoms with Crippen molar-refractivity contribution in [1.29, 1.82) is 0 Å². The van der Waals surface area contributed by atoms with Crippen LogP contribution in [-0.4, -0.2) is 9.55 Å². The maximum atomic E-state index is 4.95. The zero-order valence-corrected chi connectivity index (χ0v) is 22.6. The van der Waals surface area contributed by atoms with Gasteiger partial charge >= 0.3 is 0 Å². The van der Waals surface area contributed by atoms with Crippen molar-refractivity contribution in [3.8, 4) is 10.6 Å². The van der Waals surface area contributed by atoms with E-state index in [2.05, 4.69) is 128 Å². The van der Waals surface area contributed by atoms with E-state index >= 15 is 0 Å². The molecular weight excluding hydrogens is 480 g/mol. The van der Waals surface area contributed by atoms with E-state index in [9.17, 15) is 0 Å². The number of hydrogen-bond acceptors (Lipinski definition) is 2. The lowest BCUT2D eigenvalue weighted by molar-refractivity contribution is 0.337. The van der Waals surface area contributed by atoms with Crippen LogP contribution in [-0.2, 0) is 11.0 Å². The van der Waals surface area contributed by atoms with E-state index in [1.54, 1.807) is 0 Å². The Labute approximate surface area is 226 Å². The van der Waals surface area contributed by atoms with Crippen molar-refractivity contribution in [2.45, 2.75) is 38.1 Å². The number of para-hydroxylation sites is 3. The molecule has 1 unspecified atom stereocenters. The monoisotopic (exact) mass is 508 g/mol. The van der Waals surface area contributed by atoms with Gasteiger partial charge < -0.3 is 4.57 Å². The number of allylic oxidation sites excluding steroid dienone is 4. The molecule has 0 amide bonds. The minimum Gasteiger partial charge on any atom is -0.330 e. The zero-order valence-electron chi connectivity index (χ0n) is 21.8. The van der Waals surface area contributed by atoms with E-state index in [0.717, 1.165) is 17.6 Å². The standard InChI is InChI=1S/C35H28N2S/c1-34(2)26-12-8-11-25-24-10-5-7-14-29(24)37(33(25)26)35(3)20-19-23(21-32(34)35)30-17-18-31(38-30)28-16-15-22-9-4-6-13-27(22)36-28/h4-19,21H,20H2,1-3H3. The molecule has 1 aliphatic heterocycles. The Morgan fingerprint density at radius 1 is 0.763 bits per heavy atom. The Morgan fingerprint density at radius 3 is 2.47 bits per heavy atom. The number of aromatic nitrogens is 2. The first-order valence-electron chi connectivity index (χ1n) is 13.4. The third-order valence-electron chi connectivity index (χ3n) is 8.88. The smallest absolute Gasteiger partial charge is 0.0809 e. The number of fused-ring (bicyclic) bond motifs is 6. The number of nitrogens with zero attached hydrogens (tertiary/aromatic N) is 2. The van der Waals surface area contributed by atoms with Crippen molar-refractivity contribution < 1.29 is 0 Å². The largest absolute Gasteiger partial charge is 0.330 e. The molecule has 1 atom stereocenters. The summed E-state index contributed by atoms with van der Waals surface area (Å²) in [5.41, 5.74) is 8.87. The highest BCUT2D eigenvalue weighted by atomic mass is 32.1. The fourth-order valence-electron chi connectivity index (χ4n) is 7.04. The van der Waals surface area contributed by atoms with Gasteiger partial charge in [0.25, 0.3) is 0 Å². The molecule has 2 nitrogen and oxygen atoms in total. The van der Waals surface area contributed by atoms with Crippen LogP contribution >= 0.6 is 11.3 Å². The number of hydrogen-bond donors (Lipinski definition) is 0. The van der Waals surface area contributed by atoms with Crippen LogP contribution in [0.4, 0.5) is 0 Å². The molecule has 0 saturated carbocycles. The predicted octanol–water partition coefficient (Wildman–Crippen LogP) is 9.49. The van der Waals surface area contributed by atoms with Gasteiger partial charge in [-0.25, -0.2) is 4.98 Å². The van der Waals surface area contributed by atoms with Crippen LogP contribution in [0, 0.1) is 0 Å². The third-order valence-corrected chi connectivity index (χ3v) is 10.0. The van der Waals surface area contributed by atoms with Gasteiger partial charge in [-0.2, -0.15) is 0 Å². The second kappa shape index (κ2) is 7.55. The van der Waals surface area contributed by atoms with Crippen LogP contribution in [0.1, 0.15) is 37.6 Å². The summed E-state index contributed by atoms with van der Waals surface area (Å²) in [6, 6.07) is 32.9. The average molecular weight is 509 g/mol. The highest BCUT2D eigenvalue weighted by molar-refractivity contribution is 7.16. The van der Waals surface area contributed by atoms with Crippen molar-refractivity contribution in [2.75, 3.05) is 0 Å². The highest BCUT2D eigenvalue weighted by Gasteiger charge is 2.47. The summed E-state index contributed by atoms with van der Waals surface area (Å²) in [5.74, 6) is 0. The van der Waals surface area contributed by atoms with E-state index in [4.69, 9.17) is 4.98 Å². The van der Waals surface area contributed by atoms with Gasteiger partial charge in [0.15, 0.2) is 0 Å². The van der Waals surface area contributed by atoms with Gasteiger partial charge in [-0.15, -0.1) is 11.3 Å². The van der Waals surface area contributed by atoms with Gasteiger partial charge in [0.1, 0.15) is 0 Å². The highest BCUT2D eigenvalue weighted by Crippen LogP contribution is 2.55. The van der Waals surface area contributed by atoms with Crippen molar-refractivity contribution in [2.24, 2.45) is 0 Å². The lowest BCUT2D eigenvalue weighted by Crippen LogP contribution is -2.45. The molecule has 8 rings (SSSR count). The van der Waals surface area contributed by atoms with E-state index in [1.165, 1.54) is 53.7 Å². The van der Waals surface area contributed by atoms with Gasteiger partial charge in [-0.1, -0.05) is 86.7 Å². The van der Waals surface area contributed by atoms with Gasteiger partial charge in [-0.05, 0) is 60.4 Å². The molecule has 4 heterocycles. The molecule has 0 bridgehead atoms. The molecule has 184 valence electrons. The predicted molar refractivity (Wildman–Crippen MR) is 162 cm³/mol. The summed E-state index contributed by atoms with van der Waals surface area (Å²) < 4.78 is 2.64. The molecule has 0 spiro atoms. The molecule has 3 aromatic heterocycles. The molecule has 0 fully saturated rings. The third kappa shape index (κ3) is 2.85.